The fourth-order valence-corrected chi connectivity index (χ4v) is 2.33. The Morgan fingerprint density at radius 1 is 1.25 bits per heavy atom. The number of hydrogen-bond acceptors (Lipinski definition) is 4. The van der Waals surface area contributed by atoms with E-state index < -0.39 is 0 Å². The summed E-state index contributed by atoms with van der Waals surface area (Å²) >= 11 is 0. The minimum atomic E-state index is -0.00631. The monoisotopic (exact) mass is 225 g/mol. The fourth-order valence-electron chi connectivity index (χ4n) is 2.33. The number of likely N-dealkylation sites (tertiary alicyclic amines) is 1. The summed E-state index contributed by atoms with van der Waals surface area (Å²) in [4.78, 5) is 26.5. The highest BCUT2D eigenvalue weighted by molar-refractivity contribution is 6.01. The van der Waals surface area contributed by atoms with E-state index in [0.29, 0.717) is 25.4 Å². The van der Waals surface area contributed by atoms with E-state index in [1.54, 1.807) is 0 Å². The van der Waals surface area contributed by atoms with Crippen LogP contribution >= 0.6 is 0 Å². The molecule has 2 aliphatic heterocycles. The molecule has 0 aromatic carbocycles. The van der Waals surface area contributed by atoms with Gasteiger partial charge in [0.05, 0.1) is 0 Å². The summed E-state index contributed by atoms with van der Waals surface area (Å²) in [6.45, 7) is 6.51. The highest BCUT2D eigenvalue weighted by atomic mass is 16.2. The van der Waals surface area contributed by atoms with Gasteiger partial charge in [-0.2, -0.15) is 0 Å². The summed E-state index contributed by atoms with van der Waals surface area (Å²) in [5.74, 6) is -0.0126. The van der Waals surface area contributed by atoms with Crippen molar-refractivity contribution in [3.05, 3.63) is 0 Å². The lowest BCUT2D eigenvalue weighted by Gasteiger charge is -2.32. The van der Waals surface area contributed by atoms with Crippen LogP contribution in [0.2, 0.25) is 0 Å². The van der Waals surface area contributed by atoms with Gasteiger partial charge in [0.25, 0.3) is 0 Å². The number of amides is 2. The molecule has 1 unspecified atom stereocenters. The van der Waals surface area contributed by atoms with Crippen molar-refractivity contribution < 1.29 is 9.59 Å². The molecular formula is C11H19N3O2. The number of nitrogens with zero attached hydrogens (tertiary/aromatic N) is 2. The molecule has 1 atom stereocenters. The molecule has 2 fully saturated rings. The van der Waals surface area contributed by atoms with Crippen molar-refractivity contribution in [3.63, 3.8) is 0 Å². The van der Waals surface area contributed by atoms with E-state index in [-0.39, 0.29) is 11.8 Å². The molecule has 2 rings (SSSR count). The third kappa shape index (κ3) is 2.59. The zero-order chi connectivity index (χ0) is 11.5. The molecule has 5 nitrogen and oxygen atoms in total. The maximum atomic E-state index is 11.4. The van der Waals surface area contributed by atoms with E-state index in [9.17, 15) is 9.59 Å². The second-order valence-corrected chi connectivity index (χ2v) is 4.59. The van der Waals surface area contributed by atoms with Crippen molar-refractivity contribution in [2.75, 3.05) is 32.7 Å². The molecule has 2 heterocycles. The van der Waals surface area contributed by atoms with Gasteiger partial charge in [-0.05, 0) is 6.92 Å². The topological polar surface area (TPSA) is 52.7 Å². The highest BCUT2D eigenvalue weighted by Crippen LogP contribution is 2.11. The van der Waals surface area contributed by atoms with E-state index in [4.69, 9.17) is 0 Å². The Kier molecular flexibility index (Phi) is 3.56. The maximum Gasteiger partial charge on any atom is 0.229 e. The molecule has 0 aliphatic carbocycles. The van der Waals surface area contributed by atoms with Crippen molar-refractivity contribution in [3.8, 4) is 0 Å². The number of nitrogens with one attached hydrogen (secondary N) is 1. The minimum absolute atomic E-state index is 0.00631. The Morgan fingerprint density at radius 2 is 1.94 bits per heavy atom. The van der Waals surface area contributed by atoms with Gasteiger partial charge in [-0.15, -0.1) is 0 Å². The highest BCUT2D eigenvalue weighted by Gasteiger charge is 2.29. The van der Waals surface area contributed by atoms with Crippen molar-refractivity contribution in [1.29, 1.82) is 0 Å². The van der Waals surface area contributed by atoms with Crippen molar-refractivity contribution in [2.24, 2.45) is 0 Å². The molecule has 0 aromatic rings. The molecule has 0 aromatic heterocycles. The predicted octanol–water partition coefficient (Wildman–Crippen LogP) is -0.571. The summed E-state index contributed by atoms with van der Waals surface area (Å²) in [5, 5.41) is 3.37. The molecule has 1 N–H and O–H groups in total. The average Bonchev–Trinajstić information content (AvgIpc) is 2.56. The first-order chi connectivity index (χ1) is 7.66. The van der Waals surface area contributed by atoms with E-state index in [2.05, 4.69) is 17.1 Å². The summed E-state index contributed by atoms with van der Waals surface area (Å²) in [7, 11) is 0. The van der Waals surface area contributed by atoms with Crippen LogP contribution < -0.4 is 5.32 Å². The van der Waals surface area contributed by atoms with Crippen LogP contribution in [-0.2, 0) is 9.59 Å². The van der Waals surface area contributed by atoms with Gasteiger partial charge in [-0.3, -0.25) is 19.4 Å². The van der Waals surface area contributed by atoms with Gasteiger partial charge < -0.3 is 5.32 Å². The zero-order valence-electron chi connectivity index (χ0n) is 9.74. The zero-order valence-corrected chi connectivity index (χ0v) is 9.74. The Morgan fingerprint density at radius 3 is 2.56 bits per heavy atom. The molecule has 16 heavy (non-hydrogen) atoms. The molecular weight excluding hydrogens is 206 g/mol. The second-order valence-electron chi connectivity index (χ2n) is 4.59. The molecule has 0 radical (unpaired) electrons. The first-order valence-corrected chi connectivity index (χ1v) is 5.96. The van der Waals surface area contributed by atoms with Crippen molar-refractivity contribution in [1.82, 2.24) is 15.1 Å². The lowest BCUT2D eigenvalue weighted by molar-refractivity contribution is -0.138. The Labute approximate surface area is 95.8 Å². The van der Waals surface area contributed by atoms with Gasteiger partial charge in [-0.25, -0.2) is 0 Å². The SMILES string of the molecule is CC1CN(CCN2C(=O)CCC2=O)CCN1. The number of hydrogen-bond donors (Lipinski definition) is 1. The molecule has 90 valence electrons. The van der Waals surface area contributed by atoms with E-state index in [1.165, 1.54) is 4.90 Å². The molecule has 2 aliphatic rings. The van der Waals surface area contributed by atoms with Gasteiger partial charge in [0, 0.05) is 51.6 Å². The number of carbonyl (C=O) groups is 2. The summed E-state index contributed by atoms with van der Waals surface area (Å²) in [6, 6.07) is 0.499. The van der Waals surface area contributed by atoms with Crippen LogP contribution in [0.1, 0.15) is 19.8 Å². The van der Waals surface area contributed by atoms with E-state index in [1.807, 2.05) is 0 Å². The van der Waals surface area contributed by atoms with Crippen LogP contribution in [0.15, 0.2) is 0 Å². The summed E-state index contributed by atoms with van der Waals surface area (Å²) in [5.41, 5.74) is 0. The Balaban J connectivity index is 1.78. The number of carbonyl (C=O) groups excluding carboxylic acids is 2. The fraction of sp³-hybridized carbons (Fsp3) is 0.818. The first kappa shape index (κ1) is 11.5. The second kappa shape index (κ2) is 4.93. The lowest BCUT2D eigenvalue weighted by Crippen LogP contribution is -2.51. The van der Waals surface area contributed by atoms with Crippen molar-refractivity contribution in [2.45, 2.75) is 25.8 Å². The third-order valence-electron chi connectivity index (χ3n) is 3.25. The summed E-state index contributed by atoms with van der Waals surface area (Å²) < 4.78 is 0. The quantitative estimate of drug-likeness (QED) is 0.654. The minimum Gasteiger partial charge on any atom is -0.312 e. The maximum absolute atomic E-state index is 11.4. The van der Waals surface area contributed by atoms with E-state index in [0.717, 1.165) is 26.2 Å². The normalized spacial score (nSPS) is 27.8. The van der Waals surface area contributed by atoms with Gasteiger partial charge in [0.15, 0.2) is 0 Å². The molecule has 5 heteroatoms. The van der Waals surface area contributed by atoms with Crippen LogP contribution in [0.3, 0.4) is 0 Å². The number of imide groups is 1. The van der Waals surface area contributed by atoms with Crippen LogP contribution in [0.4, 0.5) is 0 Å². The van der Waals surface area contributed by atoms with Gasteiger partial charge in [0.1, 0.15) is 0 Å². The number of rotatable bonds is 3. The van der Waals surface area contributed by atoms with Gasteiger partial charge in [-0.1, -0.05) is 0 Å². The van der Waals surface area contributed by atoms with E-state index >= 15 is 0 Å². The smallest absolute Gasteiger partial charge is 0.229 e. The Hall–Kier alpha value is -0.940. The third-order valence-corrected chi connectivity index (χ3v) is 3.25. The van der Waals surface area contributed by atoms with Crippen molar-refractivity contribution >= 4 is 11.8 Å². The summed E-state index contributed by atoms with van der Waals surface area (Å²) in [6.07, 6.45) is 0.799. The molecule has 0 saturated carbocycles. The van der Waals surface area contributed by atoms with Gasteiger partial charge in [0.2, 0.25) is 11.8 Å². The van der Waals surface area contributed by atoms with Crippen LogP contribution in [0, 0.1) is 0 Å². The average molecular weight is 225 g/mol. The van der Waals surface area contributed by atoms with Crippen LogP contribution in [0.5, 0.6) is 0 Å². The Bertz CT molecular complexity index is 277. The van der Waals surface area contributed by atoms with Gasteiger partial charge >= 0.3 is 0 Å². The largest absolute Gasteiger partial charge is 0.312 e. The number of piperazine rings is 1. The molecule has 0 bridgehead atoms. The first-order valence-electron chi connectivity index (χ1n) is 5.96. The standard InChI is InChI=1S/C11H19N3O2/c1-9-8-13(5-4-12-9)6-7-14-10(15)2-3-11(14)16/h9,12H,2-8H2,1H3. The molecule has 2 saturated heterocycles. The molecule has 0 spiro atoms. The van der Waals surface area contributed by atoms with Crippen LogP contribution in [-0.4, -0.2) is 60.4 Å². The lowest BCUT2D eigenvalue weighted by atomic mass is 10.2. The van der Waals surface area contributed by atoms with Crippen LogP contribution in [0.25, 0.3) is 0 Å². The predicted molar refractivity (Wildman–Crippen MR) is 59.9 cm³/mol. The molecule has 2 amide bonds.